The van der Waals surface area contributed by atoms with Gasteiger partial charge in [-0.1, -0.05) is 42.5 Å². The van der Waals surface area contributed by atoms with Gasteiger partial charge in [0.2, 0.25) is 5.91 Å². The lowest BCUT2D eigenvalue weighted by Gasteiger charge is -2.31. The van der Waals surface area contributed by atoms with Crippen molar-refractivity contribution in [1.82, 2.24) is 9.80 Å². The molecule has 0 N–H and O–H groups in total. The lowest BCUT2D eigenvalue weighted by Crippen LogP contribution is -2.37. The van der Waals surface area contributed by atoms with Crippen LogP contribution in [0.4, 0.5) is 0 Å². The van der Waals surface area contributed by atoms with E-state index in [1.54, 1.807) is 0 Å². The normalized spacial score (nSPS) is 21.2. The molecule has 0 aromatic heterocycles. The number of rotatable bonds is 6. The number of hydrogen-bond acceptors (Lipinski definition) is 3. The van der Waals surface area contributed by atoms with Crippen molar-refractivity contribution in [1.29, 1.82) is 0 Å². The van der Waals surface area contributed by atoms with Crippen LogP contribution in [0.25, 0.3) is 11.1 Å². The Morgan fingerprint density at radius 2 is 1.74 bits per heavy atom. The summed E-state index contributed by atoms with van der Waals surface area (Å²) in [5.41, 5.74) is 6.70. The SMILES string of the molecule is C[C@@H]1CCCN1CCc1ccc(-c2ccc3c(c2)CCN(C(=O)CC2CCOCC2)C3)cc1.Cl. The van der Waals surface area contributed by atoms with Crippen molar-refractivity contribution < 1.29 is 9.53 Å². The first-order chi connectivity index (χ1) is 16.2. The summed E-state index contributed by atoms with van der Waals surface area (Å²) in [5, 5.41) is 0. The molecule has 2 fully saturated rings. The van der Waals surface area contributed by atoms with Crippen LogP contribution in [-0.2, 0) is 28.9 Å². The maximum atomic E-state index is 12.8. The zero-order chi connectivity index (χ0) is 22.6. The molecule has 2 aromatic rings. The molecule has 184 valence electrons. The van der Waals surface area contributed by atoms with Crippen LogP contribution in [0.15, 0.2) is 42.5 Å². The Labute approximate surface area is 211 Å². The number of carbonyl (C=O) groups excluding carboxylic acids is 1. The summed E-state index contributed by atoms with van der Waals surface area (Å²) in [6.45, 7) is 7.99. The van der Waals surface area contributed by atoms with Crippen LogP contribution < -0.4 is 0 Å². The number of carbonyl (C=O) groups is 1. The second kappa shape index (κ2) is 11.7. The van der Waals surface area contributed by atoms with Gasteiger partial charge in [-0.25, -0.2) is 0 Å². The maximum Gasteiger partial charge on any atom is 0.223 e. The highest BCUT2D eigenvalue weighted by Gasteiger charge is 2.25. The van der Waals surface area contributed by atoms with Crippen molar-refractivity contribution in [3.63, 3.8) is 0 Å². The van der Waals surface area contributed by atoms with Gasteiger partial charge in [-0.3, -0.25) is 4.79 Å². The predicted molar refractivity (Wildman–Crippen MR) is 140 cm³/mol. The number of amides is 1. The first kappa shape index (κ1) is 25.2. The third-order valence-electron chi connectivity index (χ3n) is 8.04. The average molecular weight is 483 g/mol. The van der Waals surface area contributed by atoms with Crippen LogP contribution in [0.5, 0.6) is 0 Å². The zero-order valence-corrected chi connectivity index (χ0v) is 21.3. The van der Waals surface area contributed by atoms with E-state index >= 15 is 0 Å². The smallest absolute Gasteiger partial charge is 0.223 e. The van der Waals surface area contributed by atoms with Crippen molar-refractivity contribution in [2.45, 2.75) is 64.5 Å². The minimum absolute atomic E-state index is 0. The molecule has 0 aliphatic carbocycles. The molecule has 3 heterocycles. The van der Waals surface area contributed by atoms with Gasteiger partial charge < -0.3 is 14.5 Å². The number of benzene rings is 2. The lowest BCUT2D eigenvalue weighted by atomic mass is 9.92. The summed E-state index contributed by atoms with van der Waals surface area (Å²) >= 11 is 0. The summed E-state index contributed by atoms with van der Waals surface area (Å²) in [4.78, 5) is 17.5. The Balaban J connectivity index is 0.00000274. The quantitative estimate of drug-likeness (QED) is 0.544. The molecule has 5 heteroatoms. The molecule has 0 bridgehead atoms. The van der Waals surface area contributed by atoms with E-state index in [9.17, 15) is 4.79 Å². The van der Waals surface area contributed by atoms with Crippen LogP contribution >= 0.6 is 12.4 Å². The highest BCUT2D eigenvalue weighted by atomic mass is 35.5. The molecule has 3 aliphatic heterocycles. The van der Waals surface area contributed by atoms with Gasteiger partial charge in [-0.05, 0) is 85.7 Å². The Morgan fingerprint density at radius 1 is 0.971 bits per heavy atom. The first-order valence-electron chi connectivity index (χ1n) is 13.0. The molecule has 4 nitrogen and oxygen atoms in total. The van der Waals surface area contributed by atoms with Gasteiger partial charge in [-0.2, -0.15) is 0 Å². The molecule has 3 aliphatic rings. The maximum absolute atomic E-state index is 12.8. The molecule has 34 heavy (non-hydrogen) atoms. The molecule has 5 rings (SSSR count). The lowest BCUT2D eigenvalue weighted by molar-refractivity contribution is -0.133. The van der Waals surface area contributed by atoms with Crippen LogP contribution in [0.3, 0.4) is 0 Å². The minimum atomic E-state index is 0. The number of nitrogens with zero attached hydrogens (tertiary/aromatic N) is 2. The fourth-order valence-corrected chi connectivity index (χ4v) is 5.73. The van der Waals surface area contributed by atoms with Gasteiger partial charge in [0.25, 0.3) is 0 Å². The molecule has 0 unspecified atom stereocenters. The molecular weight excluding hydrogens is 444 g/mol. The van der Waals surface area contributed by atoms with Crippen molar-refractivity contribution in [3.05, 3.63) is 59.2 Å². The summed E-state index contributed by atoms with van der Waals surface area (Å²) < 4.78 is 5.44. The average Bonchev–Trinajstić information content (AvgIpc) is 3.27. The van der Waals surface area contributed by atoms with Crippen molar-refractivity contribution >= 4 is 18.3 Å². The molecule has 0 radical (unpaired) electrons. The second-order valence-electron chi connectivity index (χ2n) is 10.3. The Kier molecular flexibility index (Phi) is 8.68. The van der Waals surface area contributed by atoms with E-state index in [0.29, 0.717) is 18.2 Å². The molecule has 0 spiro atoms. The van der Waals surface area contributed by atoms with Crippen molar-refractivity contribution in [3.8, 4) is 11.1 Å². The largest absolute Gasteiger partial charge is 0.381 e. The van der Waals surface area contributed by atoms with Crippen LogP contribution in [0.1, 0.15) is 55.7 Å². The highest BCUT2D eigenvalue weighted by Crippen LogP contribution is 2.28. The topological polar surface area (TPSA) is 32.8 Å². The molecule has 0 saturated carbocycles. The van der Waals surface area contributed by atoms with Crippen LogP contribution in [-0.4, -0.2) is 54.6 Å². The summed E-state index contributed by atoms with van der Waals surface area (Å²) in [6, 6.07) is 16.7. The van der Waals surface area contributed by atoms with Crippen LogP contribution in [0.2, 0.25) is 0 Å². The van der Waals surface area contributed by atoms with E-state index in [1.165, 1.54) is 53.7 Å². The van der Waals surface area contributed by atoms with Crippen molar-refractivity contribution in [2.24, 2.45) is 5.92 Å². The second-order valence-corrected chi connectivity index (χ2v) is 10.3. The fraction of sp³-hybridized carbons (Fsp3) is 0.552. The van der Waals surface area contributed by atoms with Gasteiger partial charge in [0.15, 0.2) is 0 Å². The molecule has 2 aromatic carbocycles. The van der Waals surface area contributed by atoms with Crippen molar-refractivity contribution in [2.75, 3.05) is 32.8 Å². The zero-order valence-electron chi connectivity index (χ0n) is 20.5. The Morgan fingerprint density at radius 3 is 2.47 bits per heavy atom. The monoisotopic (exact) mass is 482 g/mol. The fourth-order valence-electron chi connectivity index (χ4n) is 5.73. The Bertz CT molecular complexity index is 955. The minimum Gasteiger partial charge on any atom is -0.381 e. The van der Waals surface area contributed by atoms with Gasteiger partial charge in [0.1, 0.15) is 0 Å². The number of hydrogen-bond donors (Lipinski definition) is 0. The van der Waals surface area contributed by atoms with E-state index in [2.05, 4.69) is 59.2 Å². The van der Waals surface area contributed by atoms with Crippen LogP contribution in [0, 0.1) is 5.92 Å². The summed E-state index contributed by atoms with van der Waals surface area (Å²) in [7, 11) is 0. The molecule has 1 amide bonds. The van der Waals surface area contributed by atoms with Gasteiger partial charge >= 0.3 is 0 Å². The number of fused-ring (bicyclic) bond motifs is 1. The molecular formula is C29H39ClN2O2. The van der Waals surface area contributed by atoms with Gasteiger partial charge in [-0.15, -0.1) is 12.4 Å². The van der Waals surface area contributed by atoms with Gasteiger partial charge in [0, 0.05) is 45.3 Å². The Hall–Kier alpha value is -1.88. The third kappa shape index (κ3) is 6.02. The highest BCUT2D eigenvalue weighted by molar-refractivity contribution is 5.85. The van der Waals surface area contributed by atoms with E-state index < -0.39 is 0 Å². The number of ether oxygens (including phenoxy) is 1. The first-order valence-corrected chi connectivity index (χ1v) is 13.0. The van der Waals surface area contributed by atoms with Gasteiger partial charge in [0.05, 0.1) is 0 Å². The number of halogens is 1. The predicted octanol–water partition coefficient (Wildman–Crippen LogP) is 5.50. The summed E-state index contributed by atoms with van der Waals surface area (Å²) in [6.07, 6.45) is 7.51. The van der Waals surface area contributed by atoms with E-state index in [1.807, 2.05) is 0 Å². The van der Waals surface area contributed by atoms with E-state index in [0.717, 1.165) is 58.0 Å². The summed E-state index contributed by atoms with van der Waals surface area (Å²) in [5.74, 6) is 0.812. The van der Waals surface area contributed by atoms with E-state index in [4.69, 9.17) is 4.74 Å². The third-order valence-corrected chi connectivity index (χ3v) is 8.04. The number of likely N-dealkylation sites (tertiary alicyclic amines) is 1. The standard InChI is InChI=1S/C29H38N2O2.ClH/c1-22-3-2-14-30(22)15-10-23-4-6-25(7-5-23)26-8-9-28-21-31(16-11-27(28)20-26)29(32)19-24-12-17-33-18-13-24;/h4-9,20,22,24H,2-3,10-19,21H2,1H3;1H/t22-;/m1./s1. The molecule has 1 atom stereocenters. The molecule has 2 saturated heterocycles. The van der Waals surface area contributed by atoms with E-state index in [-0.39, 0.29) is 12.4 Å².